The van der Waals surface area contributed by atoms with Crippen molar-refractivity contribution in [2.45, 2.75) is 100 Å². The molecule has 8 atom stereocenters. The van der Waals surface area contributed by atoms with Gasteiger partial charge < -0.3 is 77.1 Å². The van der Waals surface area contributed by atoms with Crippen LogP contribution in [0.2, 0.25) is 0 Å². The Kier molecular flexibility index (Phi) is 19.3. The number of rotatable bonds is 19. The number of H-pyrrole nitrogens is 1. The molecular formula is C39H64N4O13. The molecule has 1 heterocycles. The Balaban J connectivity index is 0.000000271. The first-order valence-corrected chi connectivity index (χ1v) is 19.3. The predicted molar refractivity (Wildman–Crippen MR) is 205 cm³/mol. The largest absolute Gasteiger partial charge is 0.481 e. The molecular weight excluding hydrogens is 732 g/mol. The molecule has 6 rings (SSSR count). The summed E-state index contributed by atoms with van der Waals surface area (Å²) in [6.07, 6.45) is -2.35. The molecule has 1 aromatic carbocycles. The van der Waals surface area contributed by atoms with E-state index in [1.165, 1.54) is 38.5 Å². The zero-order chi connectivity index (χ0) is 41.6. The number of hydrogen-bond acceptors (Lipinski definition) is 14. The van der Waals surface area contributed by atoms with Crippen LogP contribution < -0.4 is 16.0 Å². The minimum absolute atomic E-state index is 0.0635. The second-order valence-electron chi connectivity index (χ2n) is 15.6. The van der Waals surface area contributed by atoms with Crippen LogP contribution in [-0.4, -0.2) is 169 Å². The first-order chi connectivity index (χ1) is 26.6. The average molecular weight is 797 g/mol. The summed E-state index contributed by atoms with van der Waals surface area (Å²) < 4.78 is 0. The lowest BCUT2D eigenvalue weighted by Gasteiger charge is -2.57. The highest BCUT2D eigenvalue weighted by atomic mass is 16.4. The minimum Gasteiger partial charge on any atom is -0.481 e. The average Bonchev–Trinajstić information content (AvgIpc) is 3.59. The van der Waals surface area contributed by atoms with Crippen molar-refractivity contribution in [1.29, 1.82) is 0 Å². The van der Waals surface area contributed by atoms with Crippen molar-refractivity contribution in [3.05, 3.63) is 47.7 Å². The molecule has 4 aliphatic rings. The Morgan fingerprint density at radius 1 is 0.732 bits per heavy atom. The first kappa shape index (κ1) is 47.3. The van der Waals surface area contributed by atoms with E-state index in [2.05, 4.69) is 20.9 Å². The van der Waals surface area contributed by atoms with Gasteiger partial charge in [0.05, 0.1) is 37.4 Å². The van der Waals surface area contributed by atoms with Crippen LogP contribution >= 0.6 is 0 Å². The van der Waals surface area contributed by atoms with E-state index in [-0.39, 0.29) is 32.0 Å². The fourth-order valence-corrected chi connectivity index (χ4v) is 8.66. The fraction of sp³-hybridized carbons (Fsp3) is 0.692. The topological polar surface area (TPSA) is 309 Å². The highest BCUT2D eigenvalue weighted by molar-refractivity contribution is 5.97. The molecule has 4 bridgehead atoms. The molecule has 2 aromatic rings. The number of aliphatic carboxylic acids is 1. The molecule has 0 aliphatic heterocycles. The van der Waals surface area contributed by atoms with Gasteiger partial charge in [0.15, 0.2) is 0 Å². The van der Waals surface area contributed by atoms with E-state index in [1.807, 2.05) is 36.4 Å². The van der Waals surface area contributed by atoms with Gasteiger partial charge in [0, 0.05) is 31.0 Å². The van der Waals surface area contributed by atoms with Gasteiger partial charge >= 0.3 is 5.97 Å². The monoisotopic (exact) mass is 796 g/mol. The van der Waals surface area contributed by atoms with Crippen molar-refractivity contribution in [3.8, 4) is 11.3 Å². The van der Waals surface area contributed by atoms with Crippen LogP contribution in [0.4, 0.5) is 0 Å². The second kappa shape index (κ2) is 22.8. The van der Waals surface area contributed by atoms with Crippen molar-refractivity contribution >= 4 is 11.9 Å². The Bertz CT molecular complexity index is 1400. The molecule has 15 N–H and O–H groups in total. The van der Waals surface area contributed by atoms with Crippen LogP contribution in [0.3, 0.4) is 0 Å². The zero-order valence-corrected chi connectivity index (χ0v) is 32.2. The number of nitrogens with one attached hydrogen (secondary N) is 4. The van der Waals surface area contributed by atoms with Crippen LogP contribution in [0.5, 0.6) is 0 Å². The lowest BCUT2D eigenvalue weighted by Crippen LogP contribution is -2.48. The number of hydrogen-bond donors (Lipinski definition) is 15. The van der Waals surface area contributed by atoms with E-state index in [4.69, 9.17) is 46.0 Å². The number of aliphatic hydroxyl groups excluding tert-OH is 10. The van der Waals surface area contributed by atoms with Crippen LogP contribution in [-0.2, 0) is 11.2 Å². The maximum atomic E-state index is 13.0. The standard InChI is InChI=1S/C25H30N2O3.2C7H17NO5/c28-23(29)6-7-26-24(30)20-11-21(19-4-2-1-3-5-19)27-22(20)15-25-12-16-8-17(13-25)10-18(9-16)14-25;2*1-8-2-4(10)6(12)7(13)5(11)3-9/h1-5,11,16-18,27H,6-10,12-15H2,(H,26,30)(H,28,29);2*4-13H,2-3H2,1H3/t;2*4-,5+,6+,7+/m.00/s1. The smallest absolute Gasteiger partial charge is 0.305 e. The number of benzene rings is 1. The van der Waals surface area contributed by atoms with Gasteiger partial charge in [-0.3, -0.25) is 9.59 Å². The predicted octanol–water partition coefficient (Wildman–Crippen LogP) is -2.07. The van der Waals surface area contributed by atoms with Crippen molar-refractivity contribution in [2.75, 3.05) is 46.9 Å². The van der Waals surface area contributed by atoms with Gasteiger partial charge in [-0.05, 0) is 93.8 Å². The Morgan fingerprint density at radius 3 is 1.59 bits per heavy atom. The molecule has 17 heteroatoms. The number of likely N-dealkylation sites (N-methyl/N-ethyl adjacent to an activating group) is 2. The number of amides is 1. The molecule has 0 radical (unpaired) electrons. The number of aliphatic hydroxyl groups is 10. The molecule has 1 amide bonds. The Morgan fingerprint density at radius 2 is 1.18 bits per heavy atom. The Hall–Kier alpha value is -3.04. The minimum atomic E-state index is -1.55. The third kappa shape index (κ3) is 13.5. The van der Waals surface area contributed by atoms with E-state index in [0.717, 1.165) is 41.1 Å². The lowest BCUT2D eigenvalue weighted by molar-refractivity contribution is -0.136. The summed E-state index contributed by atoms with van der Waals surface area (Å²) in [5, 5.41) is 107. The third-order valence-electron chi connectivity index (χ3n) is 11.0. The first-order valence-electron chi connectivity index (χ1n) is 19.3. The molecule has 318 valence electrons. The number of aromatic amines is 1. The van der Waals surface area contributed by atoms with Crippen LogP contribution in [0.25, 0.3) is 11.3 Å². The summed E-state index contributed by atoms with van der Waals surface area (Å²) in [4.78, 5) is 27.4. The van der Waals surface area contributed by atoms with Gasteiger partial charge in [-0.1, -0.05) is 30.3 Å². The molecule has 56 heavy (non-hydrogen) atoms. The van der Waals surface area contributed by atoms with E-state index in [0.29, 0.717) is 11.0 Å². The van der Waals surface area contributed by atoms with Crippen LogP contribution in [0.1, 0.15) is 61.0 Å². The van der Waals surface area contributed by atoms with Gasteiger partial charge in [0.1, 0.15) is 36.6 Å². The summed E-state index contributed by atoms with van der Waals surface area (Å²) in [5.41, 5.74) is 4.04. The molecule has 4 fully saturated rings. The normalized spacial score (nSPS) is 25.2. The maximum Gasteiger partial charge on any atom is 0.305 e. The van der Waals surface area contributed by atoms with Gasteiger partial charge in [0.2, 0.25) is 0 Å². The quantitative estimate of drug-likeness (QED) is 0.0727. The van der Waals surface area contributed by atoms with Gasteiger partial charge in [-0.15, -0.1) is 0 Å². The lowest BCUT2D eigenvalue weighted by atomic mass is 9.48. The molecule has 1 aromatic heterocycles. The summed E-state index contributed by atoms with van der Waals surface area (Å²) in [6, 6.07) is 12.0. The Labute approximate surface area is 327 Å². The number of aromatic nitrogens is 1. The molecule has 0 saturated heterocycles. The van der Waals surface area contributed by atoms with E-state index >= 15 is 0 Å². The van der Waals surface area contributed by atoms with E-state index < -0.39 is 68.0 Å². The summed E-state index contributed by atoms with van der Waals surface area (Å²) >= 11 is 0. The van der Waals surface area contributed by atoms with E-state index in [1.54, 1.807) is 14.1 Å². The second-order valence-corrected chi connectivity index (χ2v) is 15.6. The number of carboxylic acids is 1. The van der Waals surface area contributed by atoms with Crippen LogP contribution in [0, 0.1) is 23.2 Å². The molecule has 0 unspecified atom stereocenters. The highest BCUT2D eigenvalue weighted by Crippen LogP contribution is 2.61. The maximum absolute atomic E-state index is 13.0. The summed E-state index contributed by atoms with van der Waals surface area (Å²) in [7, 11) is 3.15. The molecule has 4 saturated carbocycles. The van der Waals surface area contributed by atoms with Gasteiger partial charge in [-0.2, -0.15) is 0 Å². The van der Waals surface area contributed by atoms with Crippen molar-refractivity contribution in [1.82, 2.24) is 20.9 Å². The summed E-state index contributed by atoms with van der Waals surface area (Å²) in [5.74, 6) is 1.53. The number of carboxylic acid groups (broad SMARTS) is 1. The molecule has 17 nitrogen and oxygen atoms in total. The van der Waals surface area contributed by atoms with Crippen molar-refractivity contribution in [2.24, 2.45) is 23.2 Å². The number of carbonyl (C=O) groups is 2. The van der Waals surface area contributed by atoms with Gasteiger partial charge in [0.25, 0.3) is 5.91 Å². The number of carbonyl (C=O) groups excluding carboxylic acids is 1. The third-order valence-corrected chi connectivity index (χ3v) is 11.0. The van der Waals surface area contributed by atoms with Crippen molar-refractivity contribution in [3.63, 3.8) is 0 Å². The van der Waals surface area contributed by atoms with Crippen molar-refractivity contribution < 1.29 is 65.8 Å². The summed E-state index contributed by atoms with van der Waals surface area (Å²) in [6.45, 7) is -0.988. The SMILES string of the molecule is CNC[C@H](O)[C@@H](O)[C@H](O)[C@H](O)CO.CNC[C@H](O)[C@@H](O)[C@H](O)[C@H](O)CO.O=C(O)CCNC(=O)c1cc(-c2ccccc2)[nH]c1CC12CC3CC(CC(C3)C1)C2. The van der Waals surface area contributed by atoms with Gasteiger partial charge in [-0.25, -0.2) is 0 Å². The molecule has 0 spiro atoms. The van der Waals surface area contributed by atoms with E-state index in [9.17, 15) is 19.8 Å². The zero-order valence-electron chi connectivity index (χ0n) is 32.2. The highest BCUT2D eigenvalue weighted by Gasteiger charge is 2.51. The molecule has 4 aliphatic carbocycles. The fourth-order valence-electron chi connectivity index (χ4n) is 8.66. The van der Waals surface area contributed by atoms with Crippen LogP contribution in [0.15, 0.2) is 36.4 Å².